The molecule has 0 radical (unpaired) electrons. The molecule has 2 N–H and O–H groups in total. The molecule has 1 aliphatic rings. The Kier molecular flexibility index (Phi) is 7.65. The summed E-state index contributed by atoms with van der Waals surface area (Å²) in [5, 5.41) is 8.62. The van der Waals surface area contributed by atoms with E-state index >= 15 is 0 Å². The number of benzene rings is 1. The summed E-state index contributed by atoms with van der Waals surface area (Å²) >= 11 is 3.31. The second-order valence-electron chi connectivity index (χ2n) is 6.41. The van der Waals surface area contributed by atoms with Gasteiger partial charge in [0.05, 0.1) is 4.90 Å². The fraction of sp³-hybridized carbons (Fsp3) is 0.500. The fourth-order valence-corrected chi connectivity index (χ4v) is 4.62. The van der Waals surface area contributed by atoms with Crippen molar-refractivity contribution in [3.63, 3.8) is 0 Å². The van der Waals surface area contributed by atoms with Crippen molar-refractivity contribution in [1.82, 2.24) is 4.72 Å². The summed E-state index contributed by atoms with van der Waals surface area (Å²) < 4.78 is 28.6. The summed E-state index contributed by atoms with van der Waals surface area (Å²) in [4.78, 5) is 10.8. The van der Waals surface area contributed by atoms with Crippen LogP contribution in [0.2, 0.25) is 0 Å². The van der Waals surface area contributed by atoms with E-state index in [0.717, 1.165) is 36.6 Å². The smallest absolute Gasteiger partial charge is 0.303 e. The average Bonchev–Trinajstić information content (AvgIpc) is 2.54. The molecule has 2 atom stereocenters. The lowest BCUT2D eigenvalue weighted by Crippen LogP contribution is -2.38. The Hall–Kier alpha value is -1.18. The number of carbonyl (C=O) groups is 1. The third-order valence-corrected chi connectivity index (χ3v) is 6.40. The molecule has 1 saturated carbocycles. The van der Waals surface area contributed by atoms with Crippen LogP contribution >= 0.6 is 15.9 Å². The van der Waals surface area contributed by atoms with Crippen LogP contribution in [0.4, 0.5) is 0 Å². The molecule has 1 fully saturated rings. The molecule has 0 aliphatic heterocycles. The van der Waals surface area contributed by atoms with Gasteiger partial charge in [-0.15, -0.1) is 0 Å². The van der Waals surface area contributed by atoms with E-state index in [9.17, 15) is 13.2 Å². The highest BCUT2D eigenvalue weighted by Crippen LogP contribution is 2.27. The van der Waals surface area contributed by atoms with Gasteiger partial charge in [-0.25, -0.2) is 13.1 Å². The van der Waals surface area contributed by atoms with E-state index in [1.165, 1.54) is 0 Å². The standard InChI is InChI=1S/C18H24BrNO4S/c19-15-9-11-17(12-10-15)25(23,24)20-16-7-4-6-14(13-16)5-2-1-3-8-18(21)22/h2,5,9-12,14,16,20H,1,3-4,6-8,13H2,(H,21,22)/b5-2-. The zero-order valence-corrected chi connectivity index (χ0v) is 16.4. The number of carboxylic acids is 1. The van der Waals surface area contributed by atoms with E-state index in [1.807, 2.05) is 6.08 Å². The van der Waals surface area contributed by atoms with Crippen molar-refractivity contribution in [2.75, 3.05) is 0 Å². The Morgan fingerprint density at radius 3 is 2.68 bits per heavy atom. The van der Waals surface area contributed by atoms with Gasteiger partial charge in [0.1, 0.15) is 0 Å². The molecule has 2 unspecified atom stereocenters. The molecule has 1 aliphatic carbocycles. The van der Waals surface area contributed by atoms with Crippen LogP contribution in [0, 0.1) is 5.92 Å². The normalized spacial score (nSPS) is 21.5. The molecule has 138 valence electrons. The average molecular weight is 430 g/mol. The van der Waals surface area contributed by atoms with E-state index in [0.29, 0.717) is 12.3 Å². The van der Waals surface area contributed by atoms with Gasteiger partial charge in [-0.1, -0.05) is 34.5 Å². The minimum atomic E-state index is -3.50. The largest absolute Gasteiger partial charge is 0.481 e. The number of hydrogen-bond donors (Lipinski definition) is 2. The Morgan fingerprint density at radius 2 is 2.00 bits per heavy atom. The lowest BCUT2D eigenvalue weighted by Gasteiger charge is -2.28. The van der Waals surface area contributed by atoms with Gasteiger partial charge in [0, 0.05) is 16.9 Å². The molecule has 1 aromatic carbocycles. The summed E-state index contributed by atoms with van der Waals surface area (Å²) in [6.07, 6.45) is 9.37. The fourth-order valence-electron chi connectivity index (χ4n) is 3.07. The molecule has 5 nitrogen and oxygen atoms in total. The molecule has 1 aromatic rings. The highest BCUT2D eigenvalue weighted by Gasteiger charge is 2.25. The van der Waals surface area contributed by atoms with Gasteiger partial charge in [-0.2, -0.15) is 0 Å². The van der Waals surface area contributed by atoms with Crippen LogP contribution in [-0.2, 0) is 14.8 Å². The van der Waals surface area contributed by atoms with Crippen LogP contribution in [0.25, 0.3) is 0 Å². The first-order valence-electron chi connectivity index (χ1n) is 8.53. The lowest BCUT2D eigenvalue weighted by molar-refractivity contribution is -0.137. The quantitative estimate of drug-likeness (QED) is 0.481. The van der Waals surface area contributed by atoms with E-state index in [-0.39, 0.29) is 17.4 Å². The van der Waals surface area contributed by atoms with Crippen LogP contribution in [-0.4, -0.2) is 25.5 Å². The van der Waals surface area contributed by atoms with Gasteiger partial charge in [0.2, 0.25) is 10.0 Å². The first kappa shape index (κ1) is 20.1. The Morgan fingerprint density at radius 1 is 1.28 bits per heavy atom. The SMILES string of the molecule is O=C(O)CCC/C=C\C1CCCC(NS(=O)(=O)c2ccc(Br)cc2)C1. The number of rotatable bonds is 8. The molecule has 2 rings (SSSR count). The second-order valence-corrected chi connectivity index (χ2v) is 9.04. The van der Waals surface area contributed by atoms with Crippen molar-refractivity contribution in [3.05, 3.63) is 40.9 Å². The molecule has 7 heteroatoms. The highest BCUT2D eigenvalue weighted by molar-refractivity contribution is 9.10. The number of unbranched alkanes of at least 4 members (excludes halogenated alkanes) is 1. The maximum absolute atomic E-state index is 12.5. The molecule has 0 spiro atoms. The molecule has 0 bridgehead atoms. The highest BCUT2D eigenvalue weighted by atomic mass is 79.9. The van der Waals surface area contributed by atoms with Crippen LogP contribution in [0.5, 0.6) is 0 Å². The molecular formula is C18H24BrNO4S. The van der Waals surface area contributed by atoms with Crippen molar-refractivity contribution < 1.29 is 18.3 Å². The van der Waals surface area contributed by atoms with Crippen LogP contribution in [0.3, 0.4) is 0 Å². The molecular weight excluding hydrogens is 406 g/mol. The predicted octanol–water partition coefficient (Wildman–Crippen LogP) is 4.10. The summed E-state index contributed by atoms with van der Waals surface area (Å²) in [5.74, 6) is -0.426. The third kappa shape index (κ3) is 6.92. The van der Waals surface area contributed by atoms with Crippen LogP contribution in [0.1, 0.15) is 44.9 Å². The third-order valence-electron chi connectivity index (χ3n) is 4.33. The van der Waals surface area contributed by atoms with Crippen LogP contribution < -0.4 is 4.72 Å². The summed E-state index contributed by atoms with van der Waals surface area (Å²) in [5.41, 5.74) is 0. The zero-order chi connectivity index (χ0) is 18.3. The number of nitrogens with one attached hydrogen (secondary N) is 1. The monoisotopic (exact) mass is 429 g/mol. The number of allylic oxidation sites excluding steroid dienone is 2. The lowest BCUT2D eigenvalue weighted by atomic mass is 9.86. The van der Waals surface area contributed by atoms with Crippen molar-refractivity contribution in [1.29, 1.82) is 0 Å². The number of aliphatic carboxylic acids is 1. The first-order valence-corrected chi connectivity index (χ1v) is 10.8. The van der Waals surface area contributed by atoms with E-state index in [2.05, 4.69) is 26.7 Å². The first-order chi connectivity index (χ1) is 11.9. The van der Waals surface area contributed by atoms with E-state index < -0.39 is 16.0 Å². The second kappa shape index (κ2) is 9.50. The number of carboxylic acid groups (broad SMARTS) is 1. The molecule has 0 amide bonds. The number of sulfonamides is 1. The summed E-state index contributed by atoms with van der Waals surface area (Å²) in [6, 6.07) is 6.57. The summed E-state index contributed by atoms with van der Waals surface area (Å²) in [7, 11) is -3.50. The minimum Gasteiger partial charge on any atom is -0.481 e. The Balaban J connectivity index is 1.87. The van der Waals surface area contributed by atoms with Crippen molar-refractivity contribution in [2.24, 2.45) is 5.92 Å². The maximum atomic E-state index is 12.5. The molecule has 0 aromatic heterocycles. The Bertz CT molecular complexity index is 700. The number of hydrogen-bond acceptors (Lipinski definition) is 3. The van der Waals surface area contributed by atoms with Crippen molar-refractivity contribution >= 4 is 31.9 Å². The topological polar surface area (TPSA) is 83.5 Å². The van der Waals surface area contributed by atoms with Gasteiger partial charge in [-0.3, -0.25) is 4.79 Å². The van der Waals surface area contributed by atoms with Gasteiger partial charge in [-0.05, 0) is 62.3 Å². The zero-order valence-electron chi connectivity index (χ0n) is 14.0. The molecule has 0 saturated heterocycles. The van der Waals surface area contributed by atoms with Crippen molar-refractivity contribution in [2.45, 2.75) is 55.9 Å². The molecule has 25 heavy (non-hydrogen) atoms. The number of halogens is 1. The Labute approximate surface area is 157 Å². The predicted molar refractivity (Wildman–Crippen MR) is 101 cm³/mol. The van der Waals surface area contributed by atoms with Gasteiger partial charge in [0.15, 0.2) is 0 Å². The van der Waals surface area contributed by atoms with Gasteiger partial charge >= 0.3 is 5.97 Å². The molecule has 0 heterocycles. The van der Waals surface area contributed by atoms with E-state index in [4.69, 9.17) is 5.11 Å². The summed E-state index contributed by atoms with van der Waals surface area (Å²) in [6.45, 7) is 0. The van der Waals surface area contributed by atoms with Crippen LogP contribution in [0.15, 0.2) is 45.8 Å². The van der Waals surface area contributed by atoms with Gasteiger partial charge < -0.3 is 5.11 Å². The maximum Gasteiger partial charge on any atom is 0.303 e. The van der Waals surface area contributed by atoms with E-state index in [1.54, 1.807) is 24.3 Å². The van der Waals surface area contributed by atoms with Crippen molar-refractivity contribution in [3.8, 4) is 0 Å². The minimum absolute atomic E-state index is 0.0592. The van der Waals surface area contributed by atoms with Gasteiger partial charge in [0.25, 0.3) is 0 Å².